The van der Waals surface area contributed by atoms with Gasteiger partial charge in [0.05, 0.1) is 18.2 Å². The highest BCUT2D eigenvalue weighted by Gasteiger charge is 2.40. The number of carbonyl (C=O) groups excluding carboxylic acids is 2. The van der Waals surface area contributed by atoms with E-state index in [9.17, 15) is 27.2 Å². The van der Waals surface area contributed by atoms with Crippen molar-refractivity contribution < 1.29 is 36.3 Å². The Bertz CT molecular complexity index is 1110. The summed E-state index contributed by atoms with van der Waals surface area (Å²) in [5.74, 6) is -3.48. The number of guanidine groups is 1. The highest BCUT2D eigenvalue weighted by atomic mass is 35.5. The molecule has 1 aliphatic carbocycles. The molecule has 1 fully saturated rings. The van der Waals surface area contributed by atoms with Crippen molar-refractivity contribution in [2.24, 2.45) is 4.99 Å². The van der Waals surface area contributed by atoms with Gasteiger partial charge in [-0.25, -0.2) is 14.2 Å². The molecule has 0 radical (unpaired) electrons. The lowest BCUT2D eigenvalue weighted by atomic mass is 9.92. The van der Waals surface area contributed by atoms with Crippen LogP contribution in [0.3, 0.4) is 0 Å². The Labute approximate surface area is 209 Å². The van der Waals surface area contributed by atoms with E-state index < -0.39 is 35.3 Å². The topological polar surface area (TPSA) is 105 Å². The van der Waals surface area contributed by atoms with Crippen molar-refractivity contribution in [1.29, 1.82) is 0 Å². The van der Waals surface area contributed by atoms with Crippen LogP contribution in [0.15, 0.2) is 33.7 Å². The van der Waals surface area contributed by atoms with Gasteiger partial charge in [-0.2, -0.15) is 13.2 Å². The number of amides is 2. The van der Waals surface area contributed by atoms with Gasteiger partial charge in [-0.3, -0.25) is 10.1 Å². The molecule has 3 N–H and O–H groups in total. The third kappa shape index (κ3) is 7.61. The maximum absolute atomic E-state index is 13.8. The van der Waals surface area contributed by atoms with E-state index >= 15 is 0 Å². The van der Waals surface area contributed by atoms with Gasteiger partial charge in [0.2, 0.25) is 11.7 Å². The third-order valence-corrected chi connectivity index (χ3v) is 5.54. The lowest BCUT2D eigenvalue weighted by molar-refractivity contribution is -0.153. The molecule has 2 amide bonds. The number of carbonyl (C=O) groups is 2. The minimum absolute atomic E-state index is 0.0681. The monoisotopic (exact) mass is 532 g/mol. The predicted octanol–water partition coefficient (Wildman–Crippen LogP) is 5.65. The molecule has 0 aliphatic heterocycles. The largest absolute Gasteiger partial charge is 0.456 e. The minimum atomic E-state index is -4.88. The smallest absolute Gasteiger partial charge is 0.450 e. The molecule has 13 heteroatoms. The van der Waals surface area contributed by atoms with Crippen molar-refractivity contribution in [2.75, 3.05) is 11.9 Å². The Balaban J connectivity index is 1.80. The number of hydrogen-bond donors (Lipinski definition) is 3. The van der Waals surface area contributed by atoms with Crippen LogP contribution in [0.25, 0.3) is 0 Å². The van der Waals surface area contributed by atoms with Crippen molar-refractivity contribution in [3.05, 3.63) is 52.2 Å². The van der Waals surface area contributed by atoms with Crippen LogP contribution in [-0.2, 0) is 10.9 Å². The summed E-state index contributed by atoms with van der Waals surface area (Å²) in [5.41, 5.74) is -0.578. The van der Waals surface area contributed by atoms with E-state index in [1.54, 1.807) is 6.92 Å². The van der Waals surface area contributed by atoms with Crippen molar-refractivity contribution in [1.82, 2.24) is 10.6 Å². The van der Waals surface area contributed by atoms with E-state index in [0.29, 0.717) is 25.7 Å². The molecule has 0 unspecified atom stereocenters. The summed E-state index contributed by atoms with van der Waals surface area (Å²) in [5, 5.41) is 7.89. The van der Waals surface area contributed by atoms with Gasteiger partial charge < -0.3 is 19.8 Å². The number of aryl methyl sites for hydroxylation is 1. The first-order valence-electron chi connectivity index (χ1n) is 11.2. The summed E-state index contributed by atoms with van der Waals surface area (Å²) in [6.07, 6.45) is -3.23. The summed E-state index contributed by atoms with van der Waals surface area (Å²) in [6, 6.07) is 4.06. The maximum Gasteiger partial charge on any atom is 0.450 e. The van der Waals surface area contributed by atoms with Crippen molar-refractivity contribution in [3.63, 3.8) is 0 Å². The first kappa shape index (κ1) is 27.3. The Morgan fingerprint density at radius 3 is 2.47 bits per heavy atom. The third-order valence-electron chi connectivity index (χ3n) is 5.32. The molecule has 0 saturated heterocycles. The summed E-state index contributed by atoms with van der Waals surface area (Å²) in [7, 11) is 0. The van der Waals surface area contributed by atoms with E-state index in [2.05, 4.69) is 25.4 Å². The van der Waals surface area contributed by atoms with Crippen LogP contribution >= 0.6 is 11.6 Å². The zero-order chi connectivity index (χ0) is 26.5. The Morgan fingerprint density at radius 1 is 1.17 bits per heavy atom. The Hall–Kier alpha value is -3.28. The van der Waals surface area contributed by atoms with Gasteiger partial charge in [-0.15, -0.1) is 0 Å². The lowest BCUT2D eigenvalue weighted by Gasteiger charge is -2.27. The second-order valence-corrected chi connectivity index (χ2v) is 8.62. The molecule has 1 saturated carbocycles. The molecule has 3 rings (SSSR count). The van der Waals surface area contributed by atoms with Crippen molar-refractivity contribution in [2.45, 2.75) is 57.8 Å². The molecule has 8 nitrogen and oxygen atoms in total. The Morgan fingerprint density at radius 2 is 1.86 bits per heavy atom. The molecule has 1 aromatic heterocycles. The summed E-state index contributed by atoms with van der Waals surface area (Å²) < 4.78 is 63.4. The number of anilines is 1. The standard InChI is InChI=1S/C23H25ClF4N4O4/c1-3-35-22(34)31-16-6-4-15(5-7-16)29-21(30-17-10-13(24)9-14(25)11-17)32-20(33)18-8-12(2)36-19(18)23(26,27)28/h8-11,15-16H,3-7H2,1-2H3,(H,31,34)(H2,29,30,32,33). The molecule has 36 heavy (non-hydrogen) atoms. The zero-order valence-electron chi connectivity index (χ0n) is 19.5. The van der Waals surface area contributed by atoms with Crippen LogP contribution in [0, 0.1) is 12.7 Å². The number of nitrogens with one attached hydrogen (secondary N) is 3. The number of ether oxygens (including phenoxy) is 1. The average molecular weight is 533 g/mol. The van der Waals surface area contributed by atoms with Crippen molar-refractivity contribution >= 4 is 35.2 Å². The van der Waals surface area contributed by atoms with Crippen LogP contribution in [0.5, 0.6) is 0 Å². The van der Waals surface area contributed by atoms with Gasteiger partial charge in [0.25, 0.3) is 5.91 Å². The van der Waals surface area contributed by atoms with Gasteiger partial charge >= 0.3 is 12.3 Å². The number of furan rings is 1. The Kier molecular flexibility index (Phi) is 8.83. The number of benzene rings is 1. The molecular weight excluding hydrogens is 508 g/mol. The van der Waals surface area contributed by atoms with Gasteiger partial charge in [0, 0.05) is 16.8 Å². The minimum Gasteiger partial charge on any atom is -0.456 e. The van der Waals surface area contributed by atoms with Crippen LogP contribution < -0.4 is 16.0 Å². The van der Waals surface area contributed by atoms with Crippen LogP contribution in [-0.4, -0.2) is 36.7 Å². The second-order valence-electron chi connectivity index (χ2n) is 8.18. The normalized spacial score (nSPS) is 18.5. The fourth-order valence-corrected chi connectivity index (χ4v) is 4.02. The van der Waals surface area contributed by atoms with Gasteiger partial charge in [0.1, 0.15) is 11.6 Å². The lowest BCUT2D eigenvalue weighted by Crippen LogP contribution is -2.40. The van der Waals surface area contributed by atoms with Crippen molar-refractivity contribution in [3.8, 4) is 0 Å². The average Bonchev–Trinajstić information content (AvgIpc) is 3.17. The number of aliphatic imine (C=N–C) groups is 1. The fourth-order valence-electron chi connectivity index (χ4n) is 3.80. The number of nitrogens with zero attached hydrogens (tertiary/aromatic N) is 1. The van der Waals surface area contributed by atoms with Gasteiger partial charge in [-0.1, -0.05) is 11.6 Å². The molecule has 1 heterocycles. The maximum atomic E-state index is 13.8. The summed E-state index contributed by atoms with van der Waals surface area (Å²) >= 11 is 5.89. The van der Waals surface area contributed by atoms with Crippen LogP contribution in [0.1, 0.15) is 54.5 Å². The van der Waals surface area contributed by atoms with E-state index in [1.807, 2.05) is 0 Å². The highest BCUT2D eigenvalue weighted by Crippen LogP contribution is 2.34. The second kappa shape index (κ2) is 11.6. The van der Waals surface area contributed by atoms with Crippen LogP contribution in [0.2, 0.25) is 5.02 Å². The van der Waals surface area contributed by atoms with Gasteiger partial charge in [-0.05, 0) is 63.8 Å². The molecule has 0 spiro atoms. The molecule has 0 bridgehead atoms. The quantitative estimate of drug-likeness (QED) is 0.262. The van der Waals surface area contributed by atoms with E-state index in [-0.39, 0.29) is 41.1 Å². The number of hydrogen-bond acceptors (Lipinski definition) is 5. The SMILES string of the molecule is CCOC(=O)NC1CCC(N=C(NC(=O)c2cc(C)oc2C(F)(F)F)Nc2cc(F)cc(Cl)c2)CC1. The number of halogens is 5. The zero-order valence-corrected chi connectivity index (χ0v) is 20.2. The molecule has 1 aliphatic rings. The van der Waals surface area contributed by atoms with E-state index in [1.165, 1.54) is 13.0 Å². The van der Waals surface area contributed by atoms with Gasteiger partial charge in [0.15, 0.2) is 0 Å². The predicted molar refractivity (Wildman–Crippen MR) is 125 cm³/mol. The molecule has 2 aromatic rings. The molecule has 1 aromatic carbocycles. The summed E-state index contributed by atoms with van der Waals surface area (Å²) in [6.45, 7) is 3.23. The fraction of sp³-hybridized carbons (Fsp3) is 0.435. The highest BCUT2D eigenvalue weighted by molar-refractivity contribution is 6.31. The van der Waals surface area contributed by atoms with E-state index in [4.69, 9.17) is 16.3 Å². The number of alkyl carbamates (subject to hydrolysis) is 1. The first-order valence-corrected chi connectivity index (χ1v) is 11.6. The molecular formula is C23H25ClF4N4O4. The number of alkyl halides is 3. The molecule has 0 atom stereocenters. The first-order chi connectivity index (χ1) is 16.9. The van der Waals surface area contributed by atoms with E-state index in [0.717, 1.165) is 18.2 Å². The molecule has 196 valence electrons. The number of rotatable bonds is 5. The van der Waals surface area contributed by atoms with Crippen LogP contribution in [0.4, 0.5) is 28.0 Å². The summed E-state index contributed by atoms with van der Waals surface area (Å²) in [4.78, 5) is 28.9.